The molecule has 0 fully saturated rings. The molecule has 0 saturated carbocycles. The average molecular weight is 1160 g/mol. The van der Waals surface area contributed by atoms with E-state index < -0.39 is 20.0 Å². The molecule has 0 spiro atoms. The maximum absolute atomic E-state index is 13.0. The SMILES string of the molecule is CC/C=C\C/C=C\C/C=C\C/C=C\CCCCCCCCCCCCCCCCCCCCCCCCCCC(=O)NC(COP(=O)(O)OCC[N+](C)(C)C)C(O)/C=C/CC/C=C/CCCCCCCCCCCCCCCCCC. The number of carbonyl (C=O) groups excluding carboxylic acids is 1. The molecule has 9 heteroatoms. The number of aliphatic hydroxyl groups excluding tert-OH is 1. The van der Waals surface area contributed by atoms with Gasteiger partial charge in [-0.15, -0.1) is 0 Å². The van der Waals surface area contributed by atoms with Crippen molar-refractivity contribution in [1.29, 1.82) is 0 Å². The van der Waals surface area contributed by atoms with E-state index in [9.17, 15) is 19.4 Å². The van der Waals surface area contributed by atoms with Gasteiger partial charge in [-0.2, -0.15) is 0 Å². The van der Waals surface area contributed by atoms with E-state index in [1.165, 1.54) is 244 Å². The molecule has 0 aliphatic heterocycles. The van der Waals surface area contributed by atoms with Gasteiger partial charge in [0.25, 0.3) is 0 Å². The average Bonchev–Trinajstić information content (AvgIpc) is 3.43. The van der Waals surface area contributed by atoms with Gasteiger partial charge < -0.3 is 19.8 Å². The van der Waals surface area contributed by atoms with Crippen LogP contribution in [0, 0.1) is 0 Å². The summed E-state index contributed by atoms with van der Waals surface area (Å²) in [6.45, 7) is 4.72. The number of likely N-dealkylation sites (N-methyl/N-ethyl adjacent to an activating group) is 1. The normalized spacial score (nSPS) is 14.1. The fraction of sp³-hybridized carbons (Fsp3) is 0.819. The molecule has 81 heavy (non-hydrogen) atoms. The lowest BCUT2D eigenvalue weighted by molar-refractivity contribution is -0.870. The molecule has 0 saturated heterocycles. The van der Waals surface area contributed by atoms with E-state index in [1.54, 1.807) is 6.08 Å². The van der Waals surface area contributed by atoms with Gasteiger partial charge in [-0.05, 0) is 70.6 Å². The summed E-state index contributed by atoms with van der Waals surface area (Å²) in [4.78, 5) is 23.4. The van der Waals surface area contributed by atoms with Crippen LogP contribution < -0.4 is 5.32 Å². The van der Waals surface area contributed by atoms with Crippen molar-refractivity contribution in [2.24, 2.45) is 0 Å². The predicted octanol–water partition coefficient (Wildman–Crippen LogP) is 22.2. The number of hydrogen-bond acceptors (Lipinski definition) is 5. The number of phosphoric acid groups is 1. The summed E-state index contributed by atoms with van der Waals surface area (Å²) >= 11 is 0. The molecule has 0 aromatic rings. The van der Waals surface area contributed by atoms with Crippen molar-refractivity contribution in [3.63, 3.8) is 0 Å². The fourth-order valence-corrected chi connectivity index (χ4v) is 11.0. The highest BCUT2D eigenvalue weighted by molar-refractivity contribution is 7.47. The molecule has 0 aromatic carbocycles. The summed E-state index contributed by atoms with van der Waals surface area (Å²) in [6.07, 6.45) is 87.7. The minimum Gasteiger partial charge on any atom is -0.387 e. The molecule has 0 heterocycles. The number of carbonyl (C=O) groups is 1. The van der Waals surface area contributed by atoms with Crippen molar-refractivity contribution in [1.82, 2.24) is 5.32 Å². The second kappa shape index (κ2) is 62.5. The Morgan fingerprint density at radius 1 is 0.432 bits per heavy atom. The van der Waals surface area contributed by atoms with Crippen LogP contribution in [0.3, 0.4) is 0 Å². The third kappa shape index (κ3) is 65.3. The Balaban J connectivity index is 4.01. The smallest absolute Gasteiger partial charge is 0.387 e. The molecular weight excluding hydrogens is 1020 g/mol. The Kier molecular flexibility index (Phi) is 60.9. The maximum atomic E-state index is 13.0. The Hall–Kier alpha value is -2.06. The number of unbranched alkanes of at least 4 members (excludes halogenated alkanes) is 41. The molecule has 1 amide bonds. The van der Waals surface area contributed by atoms with Crippen molar-refractivity contribution < 1.29 is 32.9 Å². The van der Waals surface area contributed by atoms with E-state index in [0.717, 1.165) is 64.2 Å². The largest absolute Gasteiger partial charge is 0.472 e. The predicted molar refractivity (Wildman–Crippen MR) is 355 cm³/mol. The second-order valence-corrected chi connectivity index (χ2v) is 26.3. The highest BCUT2D eigenvalue weighted by atomic mass is 31.2. The Morgan fingerprint density at radius 2 is 0.753 bits per heavy atom. The van der Waals surface area contributed by atoms with Gasteiger partial charge in [0.15, 0.2) is 0 Å². The number of nitrogens with zero attached hydrogens (tertiary/aromatic N) is 1. The number of aliphatic hydroxyl groups is 1. The quantitative estimate of drug-likeness (QED) is 0.0243. The molecule has 0 aliphatic carbocycles. The van der Waals surface area contributed by atoms with Gasteiger partial charge in [-0.1, -0.05) is 324 Å². The monoisotopic (exact) mass is 1160 g/mol. The van der Waals surface area contributed by atoms with Gasteiger partial charge in [0.05, 0.1) is 39.9 Å². The van der Waals surface area contributed by atoms with Crippen LogP contribution in [0.4, 0.5) is 0 Å². The zero-order valence-corrected chi connectivity index (χ0v) is 55.2. The van der Waals surface area contributed by atoms with Crippen molar-refractivity contribution in [3.8, 4) is 0 Å². The van der Waals surface area contributed by atoms with Gasteiger partial charge in [0, 0.05) is 6.42 Å². The van der Waals surface area contributed by atoms with Gasteiger partial charge in [0.2, 0.25) is 5.91 Å². The number of phosphoric ester groups is 1. The molecule has 3 N–H and O–H groups in total. The number of hydrogen-bond donors (Lipinski definition) is 3. The van der Waals surface area contributed by atoms with Gasteiger partial charge in [-0.3, -0.25) is 13.8 Å². The first kappa shape index (κ1) is 78.9. The minimum atomic E-state index is -4.36. The molecule has 0 aliphatic rings. The van der Waals surface area contributed by atoms with Crippen LogP contribution >= 0.6 is 7.82 Å². The van der Waals surface area contributed by atoms with E-state index in [0.29, 0.717) is 17.4 Å². The van der Waals surface area contributed by atoms with E-state index in [-0.39, 0.29) is 19.1 Å². The van der Waals surface area contributed by atoms with Crippen LogP contribution in [-0.2, 0) is 18.4 Å². The molecule has 474 valence electrons. The number of nitrogens with one attached hydrogen (secondary N) is 1. The van der Waals surface area contributed by atoms with Crippen LogP contribution in [0.25, 0.3) is 0 Å². The maximum Gasteiger partial charge on any atom is 0.472 e. The topological polar surface area (TPSA) is 105 Å². The third-order valence-electron chi connectivity index (χ3n) is 15.7. The zero-order chi connectivity index (χ0) is 59.1. The molecular formula is C72H136N2O6P+. The summed E-state index contributed by atoms with van der Waals surface area (Å²) in [5, 5.41) is 14.0. The molecule has 3 atom stereocenters. The summed E-state index contributed by atoms with van der Waals surface area (Å²) in [7, 11) is 1.57. The van der Waals surface area contributed by atoms with Gasteiger partial charge >= 0.3 is 7.82 Å². The molecule has 0 aromatic heterocycles. The Morgan fingerprint density at radius 3 is 1.14 bits per heavy atom. The highest BCUT2D eigenvalue weighted by Gasteiger charge is 2.28. The Labute approximate surface area is 504 Å². The van der Waals surface area contributed by atoms with E-state index in [1.807, 2.05) is 27.2 Å². The first-order valence-corrected chi connectivity index (χ1v) is 36.3. The van der Waals surface area contributed by atoms with Crippen molar-refractivity contribution in [2.45, 2.75) is 341 Å². The summed E-state index contributed by atoms with van der Waals surface area (Å²) in [5.74, 6) is -0.181. The standard InChI is InChI=1S/C72H135N2O6P/c1-6-8-10-12-14-16-18-20-22-24-26-28-30-31-32-33-34-35-36-37-38-39-40-41-42-43-44-46-48-50-52-54-56-58-60-62-64-66-72(76)73-70(69-80-81(77,78)79-68-67-74(3,4)5)71(75)65-63-61-59-57-55-53-51-49-47-45-29-27-25-23-21-19-17-15-13-11-9-7-2/h8,10,14,16,20,22,26,28,55,57,63,65,70-71,75H,6-7,9,11-13,15,17-19,21,23-25,27,29-54,56,58-62,64,66-69H2,1-5H3,(H-,73,76,77,78)/p+1/b10-8-,16-14-,22-20-,28-26-,57-55+,65-63+. The summed E-state index contributed by atoms with van der Waals surface area (Å²) in [5.41, 5.74) is 0. The number of amides is 1. The third-order valence-corrected chi connectivity index (χ3v) is 16.6. The first-order valence-electron chi connectivity index (χ1n) is 34.8. The molecule has 8 nitrogen and oxygen atoms in total. The molecule has 3 unspecified atom stereocenters. The fourth-order valence-electron chi connectivity index (χ4n) is 10.3. The van der Waals surface area contributed by atoms with Gasteiger partial charge in [-0.25, -0.2) is 4.57 Å². The first-order chi connectivity index (χ1) is 39.5. The van der Waals surface area contributed by atoms with E-state index in [2.05, 4.69) is 79.9 Å². The van der Waals surface area contributed by atoms with Crippen molar-refractivity contribution in [3.05, 3.63) is 72.9 Å². The van der Waals surface area contributed by atoms with Crippen LogP contribution in [0.2, 0.25) is 0 Å². The number of allylic oxidation sites excluding steroid dienone is 11. The number of rotatable bonds is 64. The lowest BCUT2D eigenvalue weighted by atomic mass is 10.0. The highest BCUT2D eigenvalue weighted by Crippen LogP contribution is 2.43. The zero-order valence-electron chi connectivity index (χ0n) is 54.3. The van der Waals surface area contributed by atoms with Gasteiger partial charge in [0.1, 0.15) is 13.2 Å². The van der Waals surface area contributed by atoms with Crippen molar-refractivity contribution in [2.75, 3.05) is 40.9 Å². The van der Waals surface area contributed by atoms with E-state index in [4.69, 9.17) is 9.05 Å². The Bertz CT molecular complexity index is 1550. The van der Waals surface area contributed by atoms with Crippen LogP contribution in [-0.4, -0.2) is 73.4 Å². The minimum absolute atomic E-state index is 0.0565. The van der Waals surface area contributed by atoms with Crippen LogP contribution in [0.15, 0.2) is 72.9 Å². The lowest BCUT2D eigenvalue weighted by Gasteiger charge is -2.25. The van der Waals surface area contributed by atoms with E-state index >= 15 is 0 Å². The molecule has 0 bridgehead atoms. The van der Waals surface area contributed by atoms with Crippen LogP contribution in [0.1, 0.15) is 328 Å². The second-order valence-electron chi connectivity index (χ2n) is 24.9. The summed E-state index contributed by atoms with van der Waals surface area (Å²) < 4.78 is 23.8. The summed E-state index contributed by atoms with van der Waals surface area (Å²) in [6, 6.07) is -0.865. The lowest BCUT2D eigenvalue weighted by Crippen LogP contribution is -2.45. The molecule has 0 rings (SSSR count). The van der Waals surface area contributed by atoms with Crippen LogP contribution in [0.5, 0.6) is 0 Å². The number of quaternary nitrogens is 1. The van der Waals surface area contributed by atoms with Crippen molar-refractivity contribution >= 4 is 13.7 Å². The molecule has 0 radical (unpaired) electrons.